The van der Waals surface area contributed by atoms with E-state index in [1.807, 2.05) is 61.1 Å². The van der Waals surface area contributed by atoms with Gasteiger partial charge in [0.05, 0.1) is 0 Å². The Morgan fingerprint density at radius 1 is 0.947 bits per heavy atom. The number of rotatable bonds is 7. The molecule has 3 aromatic rings. The lowest BCUT2D eigenvalue weighted by Gasteiger charge is -2.35. The van der Waals surface area contributed by atoms with Crippen molar-refractivity contribution in [1.82, 2.24) is 25.2 Å². The second-order valence-electron chi connectivity index (χ2n) is 10.2. The average molecular weight is 518 g/mol. The van der Waals surface area contributed by atoms with Gasteiger partial charge >= 0.3 is 6.09 Å². The van der Waals surface area contributed by atoms with Crippen molar-refractivity contribution in [3.05, 3.63) is 66.6 Å². The molecule has 1 N–H and O–H groups in total. The van der Waals surface area contributed by atoms with Crippen molar-refractivity contribution < 1.29 is 14.3 Å². The molecule has 0 bridgehead atoms. The first-order valence-electron chi connectivity index (χ1n) is 12.7. The van der Waals surface area contributed by atoms with E-state index in [0.717, 1.165) is 48.7 Å². The molecule has 38 heavy (non-hydrogen) atoms. The number of benzene rings is 1. The lowest BCUT2D eigenvalue weighted by Crippen LogP contribution is -2.47. The maximum Gasteiger partial charge on any atom is 0.408 e. The fraction of sp³-hybridized carbons (Fsp3) is 0.393. The van der Waals surface area contributed by atoms with Crippen LogP contribution in [-0.2, 0) is 16.1 Å². The first-order chi connectivity index (χ1) is 18.2. The highest BCUT2D eigenvalue weighted by Gasteiger charge is 2.20. The highest BCUT2D eigenvalue weighted by Crippen LogP contribution is 2.22. The van der Waals surface area contributed by atoms with E-state index >= 15 is 0 Å². The lowest BCUT2D eigenvalue weighted by atomic mass is 10.1. The van der Waals surface area contributed by atoms with Gasteiger partial charge in [-0.2, -0.15) is 0 Å². The van der Waals surface area contributed by atoms with Crippen LogP contribution in [0, 0.1) is 0 Å². The molecule has 1 saturated heterocycles. The molecule has 4 rings (SSSR count). The van der Waals surface area contributed by atoms with Crippen LogP contribution in [0.15, 0.2) is 61.1 Å². The summed E-state index contributed by atoms with van der Waals surface area (Å²) in [6, 6.07) is 13.9. The molecule has 200 valence electrons. The van der Waals surface area contributed by atoms with Crippen molar-refractivity contribution in [3.8, 4) is 11.1 Å². The molecule has 1 fully saturated rings. The van der Waals surface area contributed by atoms with Crippen LogP contribution in [0.3, 0.4) is 0 Å². The standard InChI is InChI=1S/C28H35N7O3/c1-28(2,3)38-27(37)32-19-25(36)33(4)20-21-8-7-9-22(16-21)23-17-30-26(31-18-23)35-14-12-34(13-15-35)24-10-5-6-11-29-24/h5-11,16-18H,12-15,19-20H2,1-4H3,(H,32,37). The summed E-state index contributed by atoms with van der Waals surface area (Å²) in [5.41, 5.74) is 2.23. The predicted molar refractivity (Wildman–Crippen MR) is 147 cm³/mol. The first kappa shape index (κ1) is 26.8. The monoisotopic (exact) mass is 517 g/mol. The Bertz CT molecular complexity index is 1220. The van der Waals surface area contributed by atoms with Crippen LogP contribution in [0.25, 0.3) is 11.1 Å². The third kappa shape index (κ3) is 7.41. The maximum atomic E-state index is 12.5. The fourth-order valence-electron chi connectivity index (χ4n) is 4.12. The zero-order valence-electron chi connectivity index (χ0n) is 22.4. The highest BCUT2D eigenvalue weighted by atomic mass is 16.6. The topological polar surface area (TPSA) is 104 Å². The first-order valence-corrected chi connectivity index (χ1v) is 12.7. The van der Waals surface area contributed by atoms with Gasteiger partial charge in [-0.3, -0.25) is 4.79 Å². The summed E-state index contributed by atoms with van der Waals surface area (Å²) in [5.74, 6) is 1.50. The van der Waals surface area contributed by atoms with Crippen molar-refractivity contribution >= 4 is 23.8 Å². The molecule has 10 nitrogen and oxygen atoms in total. The number of ether oxygens (including phenoxy) is 1. The van der Waals surface area contributed by atoms with Gasteiger partial charge in [-0.15, -0.1) is 0 Å². The van der Waals surface area contributed by atoms with Gasteiger partial charge in [0, 0.05) is 63.9 Å². The van der Waals surface area contributed by atoms with Gasteiger partial charge in [0.1, 0.15) is 18.0 Å². The normalized spacial score (nSPS) is 13.7. The van der Waals surface area contributed by atoms with E-state index in [-0.39, 0.29) is 12.5 Å². The smallest absolute Gasteiger partial charge is 0.408 e. The van der Waals surface area contributed by atoms with Crippen molar-refractivity contribution in [2.75, 3.05) is 49.6 Å². The van der Waals surface area contributed by atoms with Crippen LogP contribution in [0.1, 0.15) is 26.3 Å². The second kappa shape index (κ2) is 11.9. The molecule has 1 aliphatic heterocycles. The van der Waals surface area contributed by atoms with Gasteiger partial charge in [-0.25, -0.2) is 19.7 Å². The molecule has 1 aliphatic rings. The Balaban J connectivity index is 1.31. The zero-order chi connectivity index (χ0) is 27.1. The molecule has 0 aliphatic carbocycles. The number of hydrogen-bond donors (Lipinski definition) is 1. The third-order valence-corrected chi connectivity index (χ3v) is 6.06. The number of anilines is 2. The summed E-state index contributed by atoms with van der Waals surface area (Å²) in [7, 11) is 1.71. The second-order valence-corrected chi connectivity index (χ2v) is 10.2. The van der Waals surface area contributed by atoms with E-state index in [2.05, 4.69) is 30.1 Å². The van der Waals surface area contributed by atoms with Crippen LogP contribution < -0.4 is 15.1 Å². The molecule has 3 heterocycles. The predicted octanol–water partition coefficient (Wildman–Crippen LogP) is 3.35. The number of likely N-dealkylation sites (N-methyl/N-ethyl adjacent to an activating group) is 1. The van der Waals surface area contributed by atoms with Crippen LogP contribution in [0.4, 0.5) is 16.6 Å². The van der Waals surface area contributed by atoms with E-state index in [9.17, 15) is 9.59 Å². The molecule has 0 unspecified atom stereocenters. The average Bonchev–Trinajstić information content (AvgIpc) is 2.91. The Labute approximate surface area is 223 Å². The minimum Gasteiger partial charge on any atom is -0.444 e. The van der Waals surface area contributed by atoms with Gasteiger partial charge in [-0.1, -0.05) is 24.3 Å². The quantitative estimate of drug-likeness (QED) is 0.509. The molecule has 0 atom stereocenters. The van der Waals surface area contributed by atoms with Gasteiger partial charge in [-0.05, 0) is 50.1 Å². The van der Waals surface area contributed by atoms with Crippen LogP contribution >= 0.6 is 0 Å². The molecule has 0 saturated carbocycles. The summed E-state index contributed by atoms with van der Waals surface area (Å²) in [6.07, 6.45) is 4.89. The van der Waals surface area contributed by atoms with Crippen molar-refractivity contribution in [1.29, 1.82) is 0 Å². The zero-order valence-corrected chi connectivity index (χ0v) is 22.4. The van der Waals surface area contributed by atoms with E-state index in [0.29, 0.717) is 12.5 Å². The van der Waals surface area contributed by atoms with E-state index < -0.39 is 11.7 Å². The lowest BCUT2D eigenvalue weighted by molar-refractivity contribution is -0.129. The number of hydrogen-bond acceptors (Lipinski definition) is 8. The van der Waals surface area contributed by atoms with Crippen LogP contribution in [0.5, 0.6) is 0 Å². The van der Waals surface area contributed by atoms with E-state index in [1.54, 1.807) is 32.7 Å². The number of carbonyl (C=O) groups excluding carboxylic acids is 2. The minimum atomic E-state index is -0.615. The van der Waals surface area contributed by atoms with Crippen molar-refractivity contribution in [2.45, 2.75) is 32.9 Å². The number of amides is 2. The summed E-state index contributed by atoms with van der Waals surface area (Å²) in [6.45, 7) is 8.99. The van der Waals surface area contributed by atoms with Crippen LogP contribution in [0.2, 0.25) is 0 Å². The van der Waals surface area contributed by atoms with Gasteiger partial charge in [0.15, 0.2) is 0 Å². The Hall–Kier alpha value is -4.21. The van der Waals surface area contributed by atoms with Gasteiger partial charge in [0.25, 0.3) is 0 Å². The fourth-order valence-corrected chi connectivity index (χ4v) is 4.12. The van der Waals surface area contributed by atoms with E-state index in [4.69, 9.17) is 4.74 Å². The Morgan fingerprint density at radius 3 is 2.32 bits per heavy atom. The molecule has 10 heteroatoms. The molecule has 1 aromatic carbocycles. The highest BCUT2D eigenvalue weighted by molar-refractivity contribution is 5.82. The molecular formula is C28H35N7O3. The summed E-state index contributed by atoms with van der Waals surface area (Å²) in [4.78, 5) is 44.0. The molecule has 0 spiro atoms. The number of carbonyl (C=O) groups is 2. The maximum absolute atomic E-state index is 12.5. The Morgan fingerprint density at radius 2 is 1.66 bits per heavy atom. The van der Waals surface area contributed by atoms with Crippen molar-refractivity contribution in [3.63, 3.8) is 0 Å². The van der Waals surface area contributed by atoms with Crippen LogP contribution in [-0.4, -0.2) is 77.2 Å². The molecule has 2 amide bonds. The molecule has 2 aromatic heterocycles. The number of alkyl carbamates (subject to hydrolysis) is 1. The SMILES string of the molecule is CN(Cc1cccc(-c2cnc(N3CCN(c4ccccn4)CC3)nc2)c1)C(=O)CNC(=O)OC(C)(C)C. The van der Waals surface area contributed by atoms with Gasteiger partial charge < -0.3 is 24.8 Å². The molecular weight excluding hydrogens is 482 g/mol. The summed E-state index contributed by atoms with van der Waals surface area (Å²) in [5, 5.41) is 2.51. The third-order valence-electron chi connectivity index (χ3n) is 6.06. The summed E-state index contributed by atoms with van der Waals surface area (Å²) >= 11 is 0. The number of aromatic nitrogens is 3. The van der Waals surface area contributed by atoms with E-state index in [1.165, 1.54) is 0 Å². The number of nitrogens with zero attached hydrogens (tertiary/aromatic N) is 6. The molecule has 0 radical (unpaired) electrons. The number of nitrogens with one attached hydrogen (secondary N) is 1. The van der Waals surface area contributed by atoms with Gasteiger partial charge in [0.2, 0.25) is 11.9 Å². The minimum absolute atomic E-state index is 0.128. The number of piperazine rings is 1. The number of pyridine rings is 1. The largest absolute Gasteiger partial charge is 0.444 e. The Kier molecular flexibility index (Phi) is 8.40. The summed E-state index contributed by atoms with van der Waals surface area (Å²) < 4.78 is 5.18. The van der Waals surface area contributed by atoms with Crippen molar-refractivity contribution in [2.24, 2.45) is 0 Å².